The van der Waals surface area contributed by atoms with Gasteiger partial charge in [-0.05, 0) is 58.4 Å². The molecule has 1 aliphatic rings. The molecule has 1 unspecified atom stereocenters. The summed E-state index contributed by atoms with van der Waals surface area (Å²) in [7, 11) is 0. The van der Waals surface area contributed by atoms with Crippen LogP contribution in [0.3, 0.4) is 0 Å². The van der Waals surface area contributed by atoms with Crippen LogP contribution in [0.15, 0.2) is 11.3 Å². The van der Waals surface area contributed by atoms with Crippen molar-refractivity contribution in [3.8, 4) is 0 Å². The van der Waals surface area contributed by atoms with E-state index in [-0.39, 0.29) is 49.9 Å². The molecule has 250 valence electrons. The first-order valence-electron chi connectivity index (χ1n) is 15.3. The number of carbonyl (C=O) groups is 5. The molecule has 0 bridgehead atoms. The topological polar surface area (TPSA) is 192 Å². The first-order valence-corrected chi connectivity index (χ1v) is 15.3. The lowest BCUT2D eigenvalue weighted by atomic mass is 9.88. The smallest absolute Gasteiger partial charge is 0.326 e. The molecular formula is C30H56N4O9. The number of amides is 2. The van der Waals surface area contributed by atoms with Crippen molar-refractivity contribution in [1.82, 2.24) is 21.3 Å². The molecule has 0 radical (unpaired) electrons. The maximum Gasteiger partial charge on any atom is 0.326 e. The van der Waals surface area contributed by atoms with Gasteiger partial charge in [0.1, 0.15) is 12.6 Å². The van der Waals surface area contributed by atoms with Gasteiger partial charge in [-0.15, -0.1) is 0 Å². The van der Waals surface area contributed by atoms with Gasteiger partial charge in [0.15, 0.2) is 5.78 Å². The summed E-state index contributed by atoms with van der Waals surface area (Å²) >= 11 is 0. The second-order valence-electron chi connectivity index (χ2n) is 10.00. The lowest BCUT2D eigenvalue weighted by Crippen LogP contribution is -2.38. The van der Waals surface area contributed by atoms with Crippen LogP contribution in [0, 0.1) is 0 Å². The van der Waals surface area contributed by atoms with Crippen LogP contribution >= 0.6 is 0 Å². The van der Waals surface area contributed by atoms with E-state index in [0.717, 1.165) is 44.3 Å². The molecule has 13 nitrogen and oxygen atoms in total. The number of carbonyl (C=O) groups excluding carboxylic acids is 3. The fraction of sp³-hybridized carbons (Fsp3) is 0.767. The van der Waals surface area contributed by atoms with E-state index in [9.17, 15) is 24.3 Å². The van der Waals surface area contributed by atoms with Crippen LogP contribution in [0.4, 0.5) is 0 Å². The highest BCUT2D eigenvalue weighted by Gasteiger charge is 2.22. The molecule has 0 heterocycles. The van der Waals surface area contributed by atoms with E-state index in [1.165, 1.54) is 12.5 Å². The predicted molar refractivity (Wildman–Crippen MR) is 165 cm³/mol. The number of nitrogens with one attached hydrogen (secondary N) is 4. The van der Waals surface area contributed by atoms with Crippen LogP contribution in [0.2, 0.25) is 0 Å². The Hall–Kier alpha value is -3.03. The highest BCUT2D eigenvalue weighted by Crippen LogP contribution is 2.29. The van der Waals surface area contributed by atoms with Gasteiger partial charge in [-0.2, -0.15) is 0 Å². The number of hydrogen-bond donors (Lipinski definition) is 6. The van der Waals surface area contributed by atoms with Gasteiger partial charge in [-0.1, -0.05) is 33.3 Å². The van der Waals surface area contributed by atoms with Gasteiger partial charge in [0.2, 0.25) is 11.8 Å². The predicted octanol–water partition coefficient (Wildman–Crippen LogP) is 2.39. The van der Waals surface area contributed by atoms with E-state index >= 15 is 0 Å². The molecular weight excluding hydrogens is 560 g/mol. The van der Waals surface area contributed by atoms with Crippen molar-refractivity contribution in [3.05, 3.63) is 11.3 Å². The van der Waals surface area contributed by atoms with E-state index in [1.807, 2.05) is 13.8 Å². The third kappa shape index (κ3) is 26.3. The molecule has 0 aromatic rings. The molecule has 0 spiro atoms. The SMILES string of the molecule is CC.CC(=O)COCCOCCNC(=O)CCCNC(=O)CCC(NC(CCCNC(C)C)=C1CCC1)C(=O)O.O=CO. The Bertz CT molecular complexity index is 813. The normalized spacial score (nSPS) is 12.4. The average molecular weight is 617 g/mol. The average Bonchev–Trinajstić information content (AvgIpc) is 2.92. The number of ether oxygens (including phenoxy) is 2. The lowest BCUT2D eigenvalue weighted by molar-refractivity contribution is -0.139. The van der Waals surface area contributed by atoms with Crippen molar-refractivity contribution < 1.29 is 43.7 Å². The monoisotopic (exact) mass is 616 g/mol. The highest BCUT2D eigenvalue weighted by atomic mass is 16.5. The number of carboxylic acid groups (broad SMARTS) is 2. The van der Waals surface area contributed by atoms with Gasteiger partial charge in [0.25, 0.3) is 6.47 Å². The molecule has 0 saturated heterocycles. The maximum atomic E-state index is 12.2. The zero-order chi connectivity index (χ0) is 32.9. The first-order chi connectivity index (χ1) is 20.6. The van der Waals surface area contributed by atoms with Gasteiger partial charge >= 0.3 is 5.97 Å². The van der Waals surface area contributed by atoms with Crippen molar-refractivity contribution in [2.24, 2.45) is 0 Å². The van der Waals surface area contributed by atoms with Crippen molar-refractivity contribution in [2.75, 3.05) is 46.1 Å². The van der Waals surface area contributed by atoms with E-state index in [4.69, 9.17) is 19.4 Å². The fourth-order valence-corrected chi connectivity index (χ4v) is 3.76. The van der Waals surface area contributed by atoms with Gasteiger partial charge in [0, 0.05) is 37.7 Å². The number of aliphatic carboxylic acids is 1. The minimum Gasteiger partial charge on any atom is -0.483 e. The van der Waals surface area contributed by atoms with Crippen molar-refractivity contribution >= 4 is 30.0 Å². The maximum absolute atomic E-state index is 12.2. The standard InChI is InChI=1S/C27H48N4O7.C2H6.CH2O2/c1-20(2)28-13-5-9-23(22-7-4-8-22)31-24(27(35)36)11-12-26(34)29-14-6-10-25(33)30-15-16-37-17-18-38-19-21(3)32;1-2;2-1-3/h20,24,28,31H,4-19H2,1-3H3,(H,29,34)(H,30,33)(H,35,36);1-2H3;1H,(H,2,3). The van der Waals surface area contributed by atoms with Crippen molar-refractivity contribution in [3.63, 3.8) is 0 Å². The molecule has 0 aromatic heterocycles. The number of allylic oxidation sites excluding steroid dienone is 2. The molecule has 13 heteroatoms. The van der Waals surface area contributed by atoms with Gasteiger partial charge in [-0.25, -0.2) is 4.79 Å². The van der Waals surface area contributed by atoms with Gasteiger partial charge in [-0.3, -0.25) is 19.2 Å². The van der Waals surface area contributed by atoms with Gasteiger partial charge in [0.05, 0.1) is 19.8 Å². The number of hydrogen-bond acceptors (Lipinski definition) is 9. The second kappa shape index (κ2) is 29.1. The third-order valence-electron chi connectivity index (χ3n) is 6.00. The summed E-state index contributed by atoms with van der Waals surface area (Å²) in [5.41, 5.74) is 2.32. The molecule has 1 fully saturated rings. The van der Waals surface area contributed by atoms with Crippen LogP contribution in [0.5, 0.6) is 0 Å². The Labute approximate surface area is 256 Å². The minimum absolute atomic E-state index is 0.0399. The van der Waals surface area contributed by atoms with Crippen LogP contribution in [0.25, 0.3) is 0 Å². The van der Waals surface area contributed by atoms with Crippen LogP contribution in [0.1, 0.15) is 92.4 Å². The zero-order valence-corrected chi connectivity index (χ0v) is 26.8. The molecule has 43 heavy (non-hydrogen) atoms. The first kappa shape index (κ1) is 42.1. The van der Waals surface area contributed by atoms with E-state index in [1.54, 1.807) is 0 Å². The Morgan fingerprint density at radius 1 is 0.884 bits per heavy atom. The summed E-state index contributed by atoms with van der Waals surface area (Å²) in [4.78, 5) is 55.0. The summed E-state index contributed by atoms with van der Waals surface area (Å²) in [6.07, 6.45) is 5.92. The lowest BCUT2D eigenvalue weighted by Gasteiger charge is -2.26. The Morgan fingerprint density at radius 3 is 2.02 bits per heavy atom. The van der Waals surface area contributed by atoms with E-state index in [0.29, 0.717) is 45.4 Å². The minimum atomic E-state index is -0.959. The van der Waals surface area contributed by atoms with Crippen LogP contribution in [-0.2, 0) is 33.4 Å². The summed E-state index contributed by atoms with van der Waals surface area (Å²) in [6, 6.07) is -0.394. The Balaban J connectivity index is 0. The summed E-state index contributed by atoms with van der Waals surface area (Å²) in [6.45, 7) is 12.1. The summed E-state index contributed by atoms with van der Waals surface area (Å²) in [5.74, 6) is -1.36. The third-order valence-corrected chi connectivity index (χ3v) is 6.00. The number of rotatable bonds is 23. The quantitative estimate of drug-likeness (QED) is 0.0729. The van der Waals surface area contributed by atoms with Crippen LogP contribution in [-0.4, -0.2) is 98.4 Å². The fourth-order valence-electron chi connectivity index (χ4n) is 3.76. The molecule has 1 aliphatic carbocycles. The summed E-state index contributed by atoms with van der Waals surface area (Å²) < 4.78 is 10.4. The Kier molecular flexibility index (Phi) is 28.5. The molecule has 1 saturated carbocycles. The van der Waals surface area contributed by atoms with Gasteiger partial charge < -0.3 is 41.0 Å². The summed E-state index contributed by atoms with van der Waals surface area (Å²) in [5, 5.41) is 28.7. The number of carboxylic acids is 1. The molecule has 0 aromatic carbocycles. The van der Waals surface area contributed by atoms with E-state index < -0.39 is 12.0 Å². The molecule has 6 N–H and O–H groups in total. The largest absolute Gasteiger partial charge is 0.483 e. The van der Waals surface area contributed by atoms with Crippen molar-refractivity contribution in [2.45, 2.75) is 104 Å². The second-order valence-corrected chi connectivity index (χ2v) is 10.00. The van der Waals surface area contributed by atoms with Crippen LogP contribution < -0.4 is 21.3 Å². The molecule has 1 rings (SSSR count). The zero-order valence-electron chi connectivity index (χ0n) is 26.8. The highest BCUT2D eigenvalue weighted by molar-refractivity contribution is 5.79. The van der Waals surface area contributed by atoms with Crippen molar-refractivity contribution in [1.29, 1.82) is 0 Å². The number of Topliss-reactive ketones (excluding diaryl/α,β-unsaturated/α-hetero) is 1. The Morgan fingerprint density at radius 2 is 1.47 bits per heavy atom. The molecule has 0 aliphatic heterocycles. The number of ketones is 1. The molecule has 1 atom stereocenters. The van der Waals surface area contributed by atoms with E-state index in [2.05, 4.69) is 35.1 Å². The molecule has 2 amide bonds.